The monoisotopic (exact) mass is 401 g/mol. The minimum atomic E-state index is 0.0587. The van der Waals surface area contributed by atoms with Crippen LogP contribution in [0.4, 0.5) is 5.69 Å². The van der Waals surface area contributed by atoms with Crippen LogP contribution in [0, 0.1) is 20.8 Å². The molecule has 1 aromatic carbocycles. The lowest BCUT2D eigenvalue weighted by Gasteiger charge is -2.12. The van der Waals surface area contributed by atoms with E-state index in [1.807, 2.05) is 31.4 Å². The summed E-state index contributed by atoms with van der Waals surface area (Å²) >= 11 is 3.29. The minimum Gasteiger partial charge on any atom is -0.338 e. The smallest absolute Gasteiger partial charge is 0.236 e. The molecule has 0 aliphatic carbocycles. The third-order valence-corrected chi connectivity index (χ3v) is 5.96. The number of rotatable bonds is 8. The van der Waals surface area contributed by atoms with Crippen molar-refractivity contribution in [2.75, 3.05) is 11.1 Å². The van der Waals surface area contributed by atoms with E-state index in [-0.39, 0.29) is 5.91 Å². The third-order valence-electron chi connectivity index (χ3n) is 4.07. The van der Waals surface area contributed by atoms with Crippen molar-refractivity contribution >= 4 is 34.7 Å². The fourth-order valence-corrected chi connectivity index (χ4v) is 4.33. The third kappa shape index (κ3) is 5.43. The van der Waals surface area contributed by atoms with Crippen LogP contribution in [0.3, 0.4) is 0 Å². The van der Waals surface area contributed by atoms with Gasteiger partial charge in [0.1, 0.15) is 0 Å². The second kappa shape index (κ2) is 9.19. The molecule has 0 fully saturated rings. The number of benzene rings is 1. The fraction of sp³-hybridized carbons (Fsp3) is 0.350. The number of thioether (sulfide) groups is 1. The molecule has 142 valence electrons. The van der Waals surface area contributed by atoms with Gasteiger partial charge in [-0.1, -0.05) is 28.9 Å². The van der Waals surface area contributed by atoms with Gasteiger partial charge in [0, 0.05) is 12.1 Å². The standard InChI is InChI=1S/C20H23N3O2S2/c1-13-10-14(2)19(15(3)11-13)21-17(24)7-5-8-26-12-18-22-20(23-25-18)16-6-4-9-27-16/h4,6,9-11H,5,7-8,12H2,1-3H3,(H,21,24). The van der Waals surface area contributed by atoms with Gasteiger partial charge in [-0.05, 0) is 55.5 Å². The molecule has 0 bridgehead atoms. The van der Waals surface area contributed by atoms with E-state index in [9.17, 15) is 4.79 Å². The molecule has 0 atom stereocenters. The van der Waals surface area contributed by atoms with Crippen molar-refractivity contribution in [3.63, 3.8) is 0 Å². The molecular weight excluding hydrogens is 378 g/mol. The topological polar surface area (TPSA) is 68.0 Å². The van der Waals surface area contributed by atoms with Crippen molar-refractivity contribution in [2.45, 2.75) is 39.4 Å². The van der Waals surface area contributed by atoms with Gasteiger partial charge >= 0.3 is 0 Å². The zero-order chi connectivity index (χ0) is 19.2. The number of nitrogens with zero attached hydrogens (tertiary/aromatic N) is 2. The lowest BCUT2D eigenvalue weighted by Crippen LogP contribution is -2.13. The molecule has 2 heterocycles. The summed E-state index contributed by atoms with van der Waals surface area (Å²) in [5.74, 6) is 2.86. The zero-order valence-electron chi connectivity index (χ0n) is 15.7. The molecule has 5 nitrogen and oxygen atoms in total. The lowest BCUT2D eigenvalue weighted by atomic mass is 10.0. The van der Waals surface area contributed by atoms with E-state index in [4.69, 9.17) is 4.52 Å². The number of thiophene rings is 1. The quantitative estimate of drug-likeness (QED) is 0.514. The summed E-state index contributed by atoms with van der Waals surface area (Å²) < 4.78 is 5.28. The highest BCUT2D eigenvalue weighted by Crippen LogP contribution is 2.24. The highest BCUT2D eigenvalue weighted by atomic mass is 32.2. The van der Waals surface area contributed by atoms with Gasteiger partial charge in [-0.15, -0.1) is 11.3 Å². The largest absolute Gasteiger partial charge is 0.338 e. The normalized spacial score (nSPS) is 10.9. The number of hydrogen-bond acceptors (Lipinski definition) is 6. The number of aromatic nitrogens is 2. The van der Waals surface area contributed by atoms with Gasteiger partial charge in [-0.2, -0.15) is 16.7 Å². The van der Waals surface area contributed by atoms with E-state index in [2.05, 4.69) is 34.5 Å². The Morgan fingerprint density at radius 1 is 1.26 bits per heavy atom. The molecule has 0 aliphatic heterocycles. The first-order chi connectivity index (χ1) is 13.0. The van der Waals surface area contributed by atoms with Crippen molar-refractivity contribution < 1.29 is 9.32 Å². The molecule has 0 saturated carbocycles. The molecule has 1 amide bonds. The van der Waals surface area contributed by atoms with Gasteiger partial charge in [-0.3, -0.25) is 4.79 Å². The van der Waals surface area contributed by atoms with E-state index in [0.717, 1.165) is 33.9 Å². The van der Waals surface area contributed by atoms with Crippen LogP contribution in [-0.4, -0.2) is 21.8 Å². The maximum atomic E-state index is 12.2. The number of hydrogen-bond donors (Lipinski definition) is 1. The highest BCUT2D eigenvalue weighted by molar-refractivity contribution is 7.98. The highest BCUT2D eigenvalue weighted by Gasteiger charge is 2.10. The molecule has 0 unspecified atom stereocenters. The first kappa shape index (κ1) is 19.6. The van der Waals surface area contributed by atoms with Crippen LogP contribution in [0.2, 0.25) is 0 Å². The average molecular weight is 402 g/mol. The SMILES string of the molecule is Cc1cc(C)c(NC(=O)CCCSCc2nc(-c3cccs3)no2)c(C)c1. The molecule has 2 aromatic heterocycles. The van der Waals surface area contributed by atoms with Gasteiger partial charge in [-0.25, -0.2) is 0 Å². The number of aryl methyl sites for hydroxylation is 3. The number of carbonyl (C=O) groups is 1. The second-order valence-corrected chi connectivity index (χ2v) is 8.52. The summed E-state index contributed by atoms with van der Waals surface area (Å²) in [7, 11) is 0. The summed E-state index contributed by atoms with van der Waals surface area (Å²) in [5.41, 5.74) is 4.36. The Balaban J connectivity index is 1.39. The molecule has 0 radical (unpaired) electrons. The number of amides is 1. The van der Waals surface area contributed by atoms with Crippen molar-refractivity contribution in [2.24, 2.45) is 0 Å². The molecule has 7 heteroatoms. The maximum absolute atomic E-state index is 12.2. The molecular formula is C20H23N3O2S2. The molecule has 0 aliphatic rings. The Morgan fingerprint density at radius 3 is 2.74 bits per heavy atom. The first-order valence-corrected chi connectivity index (χ1v) is 10.9. The van der Waals surface area contributed by atoms with Gasteiger partial charge in [0.05, 0.1) is 10.6 Å². The Bertz CT molecular complexity index is 881. The van der Waals surface area contributed by atoms with Crippen molar-refractivity contribution in [3.05, 3.63) is 52.2 Å². The predicted molar refractivity (Wildman–Crippen MR) is 112 cm³/mol. The number of anilines is 1. The van der Waals surface area contributed by atoms with Crippen LogP contribution in [0.25, 0.3) is 10.7 Å². The van der Waals surface area contributed by atoms with Crippen LogP contribution in [0.5, 0.6) is 0 Å². The van der Waals surface area contributed by atoms with Crippen molar-refractivity contribution in [1.82, 2.24) is 10.1 Å². The lowest BCUT2D eigenvalue weighted by molar-refractivity contribution is -0.116. The zero-order valence-corrected chi connectivity index (χ0v) is 17.4. The average Bonchev–Trinajstić information content (AvgIpc) is 3.29. The Hall–Kier alpha value is -2.12. The van der Waals surface area contributed by atoms with Crippen molar-refractivity contribution in [1.29, 1.82) is 0 Å². The fourth-order valence-electron chi connectivity index (χ4n) is 2.89. The molecule has 27 heavy (non-hydrogen) atoms. The van der Waals surface area contributed by atoms with Gasteiger partial charge in [0.15, 0.2) is 0 Å². The van der Waals surface area contributed by atoms with E-state index >= 15 is 0 Å². The van der Waals surface area contributed by atoms with E-state index in [0.29, 0.717) is 23.9 Å². The molecule has 3 aromatic rings. The summed E-state index contributed by atoms with van der Waals surface area (Å²) in [5, 5.41) is 9.04. The summed E-state index contributed by atoms with van der Waals surface area (Å²) in [6.07, 6.45) is 1.32. The van der Waals surface area contributed by atoms with Crippen LogP contribution in [0.15, 0.2) is 34.2 Å². The van der Waals surface area contributed by atoms with E-state index in [1.165, 1.54) is 5.56 Å². The van der Waals surface area contributed by atoms with Crippen LogP contribution >= 0.6 is 23.1 Å². The van der Waals surface area contributed by atoms with Crippen LogP contribution in [0.1, 0.15) is 35.4 Å². The Kier molecular flexibility index (Phi) is 6.68. The summed E-state index contributed by atoms with van der Waals surface area (Å²) in [6.45, 7) is 6.12. The Labute approximate surface area is 167 Å². The maximum Gasteiger partial charge on any atom is 0.236 e. The predicted octanol–water partition coefficient (Wildman–Crippen LogP) is 5.38. The molecule has 0 saturated heterocycles. The van der Waals surface area contributed by atoms with Crippen molar-refractivity contribution in [3.8, 4) is 10.7 Å². The second-order valence-electron chi connectivity index (χ2n) is 6.47. The Morgan fingerprint density at radius 2 is 2.04 bits per heavy atom. The first-order valence-electron chi connectivity index (χ1n) is 8.85. The van der Waals surface area contributed by atoms with Gasteiger partial charge in [0.2, 0.25) is 17.6 Å². The number of carbonyl (C=O) groups excluding carboxylic acids is 1. The number of nitrogens with one attached hydrogen (secondary N) is 1. The molecule has 0 spiro atoms. The summed E-state index contributed by atoms with van der Waals surface area (Å²) in [4.78, 5) is 17.6. The molecule has 3 rings (SSSR count). The van der Waals surface area contributed by atoms with E-state index in [1.54, 1.807) is 23.1 Å². The minimum absolute atomic E-state index is 0.0587. The van der Waals surface area contributed by atoms with Crippen LogP contribution in [-0.2, 0) is 10.5 Å². The summed E-state index contributed by atoms with van der Waals surface area (Å²) in [6, 6.07) is 8.12. The van der Waals surface area contributed by atoms with E-state index < -0.39 is 0 Å². The van der Waals surface area contributed by atoms with Crippen LogP contribution < -0.4 is 5.32 Å². The van der Waals surface area contributed by atoms with Gasteiger partial charge < -0.3 is 9.84 Å². The molecule has 1 N–H and O–H groups in total. The van der Waals surface area contributed by atoms with Gasteiger partial charge in [0.25, 0.3) is 0 Å².